The number of carbonyl (C=O) groups excluding carboxylic acids is 2. The molecule has 0 amide bonds. The molecular weight excluding hydrogens is 328 g/mol. The van der Waals surface area contributed by atoms with Gasteiger partial charge in [0.15, 0.2) is 5.76 Å². The number of hydrogen-bond acceptors (Lipinski definition) is 4. The molecule has 1 aliphatic rings. The fraction of sp³-hybridized carbons (Fsp3) is 0.158. The van der Waals surface area contributed by atoms with Crippen LogP contribution in [0.1, 0.15) is 34.8 Å². The molecule has 5 heteroatoms. The van der Waals surface area contributed by atoms with Gasteiger partial charge in [0.1, 0.15) is 11.5 Å². The van der Waals surface area contributed by atoms with E-state index in [2.05, 4.69) is 0 Å². The molecule has 0 radical (unpaired) electrons. The molecule has 0 N–H and O–H groups in total. The third kappa shape index (κ3) is 3.19. The van der Waals surface area contributed by atoms with Crippen LogP contribution in [-0.4, -0.2) is 11.8 Å². The van der Waals surface area contributed by atoms with Crippen molar-refractivity contribution in [2.24, 2.45) is 0 Å². The van der Waals surface area contributed by atoms with Crippen molar-refractivity contribution in [3.8, 4) is 11.5 Å². The standard InChI is InChI=1S/C19H15ClO4/c1-3-17(21)23-14-7-11(2)18-15(10-14)24-16(19(18)22)9-12-5-4-6-13(20)8-12/h4-10H,3H2,1-2H3/b16-9-. The second-order valence-electron chi connectivity index (χ2n) is 5.44. The van der Waals surface area contributed by atoms with Gasteiger partial charge in [0, 0.05) is 17.5 Å². The van der Waals surface area contributed by atoms with Crippen molar-refractivity contribution in [1.29, 1.82) is 0 Å². The number of allylic oxidation sites excluding steroid dienone is 1. The number of hydrogen-bond donors (Lipinski definition) is 0. The summed E-state index contributed by atoms with van der Waals surface area (Å²) in [7, 11) is 0. The Labute approximate surface area is 144 Å². The van der Waals surface area contributed by atoms with Crippen molar-refractivity contribution in [2.75, 3.05) is 0 Å². The van der Waals surface area contributed by atoms with E-state index < -0.39 is 0 Å². The van der Waals surface area contributed by atoms with E-state index in [1.165, 1.54) is 0 Å². The average molecular weight is 343 g/mol. The van der Waals surface area contributed by atoms with Gasteiger partial charge >= 0.3 is 5.97 Å². The van der Waals surface area contributed by atoms with Crippen molar-refractivity contribution in [1.82, 2.24) is 0 Å². The van der Waals surface area contributed by atoms with Crippen molar-refractivity contribution in [3.63, 3.8) is 0 Å². The molecule has 0 bridgehead atoms. The highest BCUT2D eigenvalue weighted by Gasteiger charge is 2.30. The maximum atomic E-state index is 12.6. The lowest BCUT2D eigenvalue weighted by molar-refractivity contribution is -0.134. The molecule has 2 aromatic carbocycles. The number of esters is 1. The zero-order valence-electron chi connectivity index (χ0n) is 13.3. The Morgan fingerprint density at radius 1 is 1.29 bits per heavy atom. The number of fused-ring (bicyclic) bond motifs is 1. The SMILES string of the molecule is CCC(=O)Oc1cc(C)c2c(c1)O/C(=C\c1cccc(Cl)c1)C2=O. The lowest BCUT2D eigenvalue weighted by atomic mass is 10.0. The molecule has 0 aromatic heterocycles. The predicted molar refractivity (Wildman–Crippen MR) is 91.5 cm³/mol. The summed E-state index contributed by atoms with van der Waals surface area (Å²) in [5, 5.41) is 0.581. The van der Waals surface area contributed by atoms with Gasteiger partial charge in [0.25, 0.3) is 0 Å². The first-order valence-electron chi connectivity index (χ1n) is 7.53. The van der Waals surface area contributed by atoms with Crippen LogP contribution in [0.15, 0.2) is 42.2 Å². The molecule has 0 atom stereocenters. The zero-order valence-corrected chi connectivity index (χ0v) is 14.0. The lowest BCUT2D eigenvalue weighted by Gasteiger charge is -2.06. The van der Waals surface area contributed by atoms with E-state index in [1.807, 2.05) is 6.07 Å². The van der Waals surface area contributed by atoms with E-state index in [0.717, 1.165) is 5.56 Å². The number of carbonyl (C=O) groups is 2. The van der Waals surface area contributed by atoms with Crippen molar-refractivity contribution >= 4 is 29.4 Å². The number of ether oxygens (including phenoxy) is 2. The van der Waals surface area contributed by atoms with Gasteiger partial charge in [-0.15, -0.1) is 0 Å². The normalized spacial score (nSPS) is 14.5. The maximum Gasteiger partial charge on any atom is 0.310 e. The van der Waals surface area contributed by atoms with Gasteiger partial charge in [0.05, 0.1) is 5.56 Å². The second-order valence-corrected chi connectivity index (χ2v) is 5.87. The fourth-order valence-electron chi connectivity index (χ4n) is 2.49. The third-order valence-electron chi connectivity index (χ3n) is 3.61. The van der Waals surface area contributed by atoms with Crippen LogP contribution < -0.4 is 9.47 Å². The minimum absolute atomic E-state index is 0.198. The summed E-state index contributed by atoms with van der Waals surface area (Å²) >= 11 is 5.96. The molecule has 122 valence electrons. The summed E-state index contributed by atoms with van der Waals surface area (Å²) in [6.07, 6.45) is 1.92. The van der Waals surface area contributed by atoms with Crippen molar-refractivity contribution < 1.29 is 19.1 Å². The summed E-state index contributed by atoms with van der Waals surface area (Å²) < 4.78 is 10.9. The first-order valence-corrected chi connectivity index (χ1v) is 7.91. The number of ketones is 1. The molecule has 1 aliphatic heterocycles. The smallest absolute Gasteiger partial charge is 0.310 e. The predicted octanol–water partition coefficient (Wildman–Crippen LogP) is 4.58. The Morgan fingerprint density at radius 3 is 2.79 bits per heavy atom. The number of rotatable bonds is 3. The van der Waals surface area contributed by atoms with Crippen LogP contribution in [0.25, 0.3) is 6.08 Å². The van der Waals surface area contributed by atoms with Crippen LogP contribution in [0.5, 0.6) is 11.5 Å². The summed E-state index contributed by atoms with van der Waals surface area (Å²) in [5.74, 6) is 0.445. The van der Waals surface area contributed by atoms with Crippen molar-refractivity contribution in [2.45, 2.75) is 20.3 Å². The highest BCUT2D eigenvalue weighted by Crippen LogP contribution is 2.37. The van der Waals surface area contributed by atoms with Gasteiger partial charge < -0.3 is 9.47 Å². The summed E-state index contributed by atoms with van der Waals surface area (Å²) in [4.78, 5) is 24.0. The van der Waals surface area contributed by atoms with E-state index in [9.17, 15) is 9.59 Å². The quantitative estimate of drug-likeness (QED) is 0.465. The highest BCUT2D eigenvalue weighted by atomic mass is 35.5. The van der Waals surface area contributed by atoms with Gasteiger partial charge in [-0.05, 0) is 42.3 Å². The van der Waals surface area contributed by atoms with Gasteiger partial charge in [0.2, 0.25) is 5.78 Å². The summed E-state index contributed by atoms with van der Waals surface area (Å²) in [6, 6.07) is 10.4. The topological polar surface area (TPSA) is 52.6 Å². The van der Waals surface area contributed by atoms with E-state index in [0.29, 0.717) is 27.6 Å². The number of Topliss-reactive ketones (excluding diaryl/α,β-unsaturated/α-hetero) is 1. The molecule has 3 rings (SSSR count). The van der Waals surface area contributed by atoms with Crippen LogP contribution in [-0.2, 0) is 4.79 Å². The Kier molecular flexibility index (Phi) is 4.40. The van der Waals surface area contributed by atoms with E-state index >= 15 is 0 Å². The number of halogens is 1. The van der Waals surface area contributed by atoms with Crippen LogP contribution in [0.4, 0.5) is 0 Å². The van der Waals surface area contributed by atoms with Gasteiger partial charge in [-0.1, -0.05) is 30.7 Å². The second kappa shape index (κ2) is 6.49. The number of aryl methyl sites for hydroxylation is 1. The maximum absolute atomic E-state index is 12.6. The Balaban J connectivity index is 1.95. The third-order valence-corrected chi connectivity index (χ3v) is 3.85. The molecule has 4 nitrogen and oxygen atoms in total. The monoisotopic (exact) mass is 342 g/mol. The Hall–Kier alpha value is -2.59. The molecular formula is C19H15ClO4. The first-order chi connectivity index (χ1) is 11.5. The fourth-order valence-corrected chi connectivity index (χ4v) is 2.69. The largest absolute Gasteiger partial charge is 0.452 e. The summed E-state index contributed by atoms with van der Waals surface area (Å²) in [6.45, 7) is 3.50. The van der Waals surface area contributed by atoms with Gasteiger partial charge in [-0.25, -0.2) is 0 Å². The van der Waals surface area contributed by atoms with Crippen LogP contribution >= 0.6 is 11.6 Å². The van der Waals surface area contributed by atoms with Gasteiger partial charge in [-0.3, -0.25) is 9.59 Å². The molecule has 2 aromatic rings. The summed E-state index contributed by atoms with van der Waals surface area (Å²) in [5.41, 5.74) is 1.96. The minimum Gasteiger partial charge on any atom is -0.452 e. The van der Waals surface area contributed by atoms with Crippen LogP contribution in [0, 0.1) is 6.92 Å². The molecule has 0 saturated heterocycles. The Bertz CT molecular complexity index is 868. The lowest BCUT2D eigenvalue weighted by Crippen LogP contribution is -2.06. The van der Waals surface area contributed by atoms with Crippen LogP contribution in [0.3, 0.4) is 0 Å². The van der Waals surface area contributed by atoms with E-state index in [-0.39, 0.29) is 23.9 Å². The van der Waals surface area contributed by atoms with E-state index in [1.54, 1.807) is 50.3 Å². The average Bonchev–Trinajstić information content (AvgIpc) is 2.83. The van der Waals surface area contributed by atoms with E-state index in [4.69, 9.17) is 21.1 Å². The molecule has 0 fully saturated rings. The molecule has 1 heterocycles. The molecule has 24 heavy (non-hydrogen) atoms. The van der Waals surface area contributed by atoms with Crippen molar-refractivity contribution in [3.05, 3.63) is 63.9 Å². The van der Waals surface area contributed by atoms with Crippen LogP contribution in [0.2, 0.25) is 5.02 Å². The molecule has 0 aliphatic carbocycles. The molecule has 0 unspecified atom stereocenters. The first kappa shape index (κ1) is 16.3. The number of benzene rings is 2. The molecule has 0 saturated carbocycles. The highest BCUT2D eigenvalue weighted by molar-refractivity contribution is 6.30. The van der Waals surface area contributed by atoms with Gasteiger partial charge in [-0.2, -0.15) is 0 Å². The zero-order chi connectivity index (χ0) is 17.3. The minimum atomic E-state index is -0.339. The molecule has 0 spiro atoms. The Morgan fingerprint density at radius 2 is 2.08 bits per heavy atom.